The van der Waals surface area contributed by atoms with E-state index in [9.17, 15) is 14.0 Å². The highest BCUT2D eigenvalue weighted by Crippen LogP contribution is 2.27. The summed E-state index contributed by atoms with van der Waals surface area (Å²) in [5.41, 5.74) is 0. The van der Waals surface area contributed by atoms with Crippen molar-refractivity contribution in [2.24, 2.45) is 5.92 Å². The van der Waals surface area contributed by atoms with Crippen molar-refractivity contribution in [3.05, 3.63) is 0 Å². The Kier molecular flexibility index (Phi) is 3.08. The van der Waals surface area contributed by atoms with Crippen LogP contribution in [0.25, 0.3) is 0 Å². The maximum atomic E-state index is 13.2. The molecule has 1 aliphatic heterocycles. The molecule has 1 heterocycles. The topological polar surface area (TPSA) is 57.6 Å². The van der Waals surface area contributed by atoms with Gasteiger partial charge in [-0.25, -0.2) is 9.18 Å². The predicted octanol–water partition coefficient (Wildman–Crippen LogP) is 0.666. The number of likely N-dealkylation sites (tertiary alicyclic amines) is 1. The van der Waals surface area contributed by atoms with E-state index in [0.717, 1.165) is 4.90 Å². The Bertz CT molecular complexity index is 256. The van der Waals surface area contributed by atoms with E-state index in [1.807, 2.05) is 0 Å². The predicted molar refractivity (Wildman–Crippen MR) is 47.5 cm³/mol. The first-order chi connectivity index (χ1) is 6.49. The molecule has 14 heavy (non-hydrogen) atoms. The molecule has 0 aliphatic carbocycles. The van der Waals surface area contributed by atoms with Crippen LogP contribution < -0.4 is 0 Å². The normalized spacial score (nSPS) is 31.9. The van der Waals surface area contributed by atoms with E-state index in [4.69, 9.17) is 5.11 Å². The number of amides is 1. The maximum Gasteiger partial charge on any atom is 0.326 e. The van der Waals surface area contributed by atoms with Gasteiger partial charge in [-0.1, -0.05) is 13.8 Å². The van der Waals surface area contributed by atoms with E-state index in [2.05, 4.69) is 0 Å². The van der Waals surface area contributed by atoms with E-state index < -0.39 is 24.1 Å². The lowest BCUT2D eigenvalue weighted by molar-refractivity contribution is -0.149. The van der Waals surface area contributed by atoms with Gasteiger partial charge in [-0.05, 0) is 0 Å². The van der Waals surface area contributed by atoms with Crippen molar-refractivity contribution in [1.82, 2.24) is 4.90 Å². The Labute approximate surface area is 81.7 Å². The number of rotatable bonds is 2. The average Bonchev–Trinajstić information content (AvgIpc) is 2.42. The van der Waals surface area contributed by atoms with Gasteiger partial charge in [-0.3, -0.25) is 4.79 Å². The van der Waals surface area contributed by atoms with Crippen molar-refractivity contribution in [2.75, 3.05) is 6.54 Å². The molecule has 0 spiro atoms. The van der Waals surface area contributed by atoms with Gasteiger partial charge in [0.05, 0.1) is 6.54 Å². The van der Waals surface area contributed by atoms with Crippen LogP contribution in [0.3, 0.4) is 0 Å². The molecule has 0 aromatic heterocycles. The third kappa shape index (κ3) is 1.71. The van der Waals surface area contributed by atoms with Gasteiger partial charge in [0.25, 0.3) is 0 Å². The number of hydrogen-bond acceptors (Lipinski definition) is 2. The molecule has 4 nitrogen and oxygen atoms in total. The molecule has 5 heteroatoms. The molecule has 80 valence electrons. The van der Waals surface area contributed by atoms with E-state index >= 15 is 0 Å². The summed E-state index contributed by atoms with van der Waals surface area (Å²) in [6.45, 7) is 3.06. The van der Waals surface area contributed by atoms with Gasteiger partial charge < -0.3 is 10.0 Å². The summed E-state index contributed by atoms with van der Waals surface area (Å²) < 4.78 is 13.2. The SMILES string of the molecule is CCC(=O)N1C[C@@H](F)[C@H](C)[C@H]1C(=O)O. The zero-order valence-corrected chi connectivity index (χ0v) is 8.24. The third-order valence-corrected chi connectivity index (χ3v) is 2.65. The van der Waals surface area contributed by atoms with Gasteiger partial charge in [0.15, 0.2) is 0 Å². The molecule has 0 aromatic carbocycles. The zero-order valence-electron chi connectivity index (χ0n) is 8.24. The number of carbonyl (C=O) groups is 2. The van der Waals surface area contributed by atoms with Gasteiger partial charge in [0.2, 0.25) is 5.91 Å². The summed E-state index contributed by atoms with van der Waals surface area (Å²) in [7, 11) is 0. The van der Waals surface area contributed by atoms with Crippen LogP contribution in [-0.2, 0) is 9.59 Å². The van der Waals surface area contributed by atoms with Crippen molar-refractivity contribution in [3.63, 3.8) is 0 Å². The standard InChI is InChI=1S/C9H14FNO3/c1-3-7(12)11-4-6(10)5(2)8(11)9(13)14/h5-6,8H,3-4H2,1-2H3,(H,13,14)/t5-,6+,8-/m0/s1. The number of nitrogens with zero attached hydrogens (tertiary/aromatic N) is 1. The summed E-state index contributed by atoms with van der Waals surface area (Å²) in [6.07, 6.45) is -1.02. The second-order valence-corrected chi connectivity index (χ2v) is 3.56. The minimum atomic E-state index is -1.23. The molecule has 0 saturated carbocycles. The number of alkyl halides is 1. The largest absolute Gasteiger partial charge is 0.480 e. The minimum Gasteiger partial charge on any atom is -0.480 e. The van der Waals surface area contributed by atoms with Crippen LogP contribution in [0.2, 0.25) is 0 Å². The first-order valence-corrected chi connectivity index (χ1v) is 4.65. The summed E-state index contributed by atoms with van der Waals surface area (Å²) in [6, 6.07) is -1.00. The molecule has 3 atom stereocenters. The van der Waals surface area contributed by atoms with Crippen LogP contribution in [0.15, 0.2) is 0 Å². The average molecular weight is 203 g/mol. The summed E-state index contributed by atoms with van der Waals surface area (Å²) in [5.74, 6) is -2.05. The molecule has 0 radical (unpaired) electrons. The van der Waals surface area contributed by atoms with Gasteiger partial charge in [0, 0.05) is 12.3 Å². The highest BCUT2D eigenvalue weighted by molar-refractivity contribution is 5.84. The van der Waals surface area contributed by atoms with Crippen LogP contribution in [0.4, 0.5) is 4.39 Å². The van der Waals surface area contributed by atoms with Crippen LogP contribution in [0, 0.1) is 5.92 Å². The van der Waals surface area contributed by atoms with E-state index in [1.54, 1.807) is 6.92 Å². The van der Waals surface area contributed by atoms with Crippen molar-refractivity contribution >= 4 is 11.9 Å². The molecule has 0 bridgehead atoms. The lowest BCUT2D eigenvalue weighted by Gasteiger charge is -2.22. The monoisotopic (exact) mass is 203 g/mol. The number of carboxylic acid groups (broad SMARTS) is 1. The lowest BCUT2D eigenvalue weighted by atomic mass is 10.0. The van der Waals surface area contributed by atoms with E-state index in [0.29, 0.717) is 0 Å². The lowest BCUT2D eigenvalue weighted by Crippen LogP contribution is -2.42. The number of hydrogen-bond donors (Lipinski definition) is 1. The van der Waals surface area contributed by atoms with Crippen LogP contribution in [-0.4, -0.2) is 40.6 Å². The fourth-order valence-corrected chi connectivity index (χ4v) is 1.77. The molecule has 1 fully saturated rings. The van der Waals surface area contributed by atoms with E-state index in [1.165, 1.54) is 6.92 Å². The van der Waals surface area contributed by atoms with Gasteiger partial charge in [0.1, 0.15) is 12.2 Å². The molecule has 1 aliphatic rings. The number of carboxylic acids is 1. The molecule has 1 amide bonds. The summed E-state index contributed by atoms with van der Waals surface area (Å²) in [4.78, 5) is 23.3. The first kappa shape index (κ1) is 10.9. The first-order valence-electron chi connectivity index (χ1n) is 4.65. The second-order valence-electron chi connectivity index (χ2n) is 3.56. The Balaban J connectivity index is 2.85. The molecular formula is C9H14FNO3. The highest BCUT2D eigenvalue weighted by Gasteiger charge is 2.45. The minimum absolute atomic E-state index is 0.0925. The van der Waals surface area contributed by atoms with Crippen LogP contribution in [0.5, 0.6) is 0 Å². The molecule has 1 rings (SSSR count). The van der Waals surface area contributed by atoms with Crippen molar-refractivity contribution in [2.45, 2.75) is 32.5 Å². The Hall–Kier alpha value is -1.13. The van der Waals surface area contributed by atoms with Crippen molar-refractivity contribution in [3.8, 4) is 0 Å². The van der Waals surface area contributed by atoms with Gasteiger partial charge in [-0.15, -0.1) is 0 Å². The fourth-order valence-electron chi connectivity index (χ4n) is 1.77. The van der Waals surface area contributed by atoms with Crippen LogP contribution in [0.1, 0.15) is 20.3 Å². The Morgan fingerprint density at radius 1 is 1.57 bits per heavy atom. The summed E-state index contributed by atoms with van der Waals surface area (Å²) >= 11 is 0. The van der Waals surface area contributed by atoms with Crippen LogP contribution >= 0.6 is 0 Å². The molecule has 1 saturated heterocycles. The fraction of sp³-hybridized carbons (Fsp3) is 0.778. The zero-order chi connectivity index (χ0) is 10.9. The van der Waals surface area contributed by atoms with Gasteiger partial charge >= 0.3 is 5.97 Å². The molecule has 0 aromatic rings. The smallest absolute Gasteiger partial charge is 0.326 e. The van der Waals surface area contributed by atoms with Crippen molar-refractivity contribution < 1.29 is 19.1 Å². The molecule has 1 N–H and O–H groups in total. The van der Waals surface area contributed by atoms with Gasteiger partial charge in [-0.2, -0.15) is 0 Å². The molecule has 0 unspecified atom stereocenters. The number of carbonyl (C=O) groups excluding carboxylic acids is 1. The quantitative estimate of drug-likeness (QED) is 0.717. The third-order valence-electron chi connectivity index (χ3n) is 2.65. The summed E-state index contributed by atoms with van der Waals surface area (Å²) in [5, 5.41) is 8.86. The number of halogens is 1. The Morgan fingerprint density at radius 2 is 2.14 bits per heavy atom. The highest BCUT2D eigenvalue weighted by atomic mass is 19.1. The second kappa shape index (κ2) is 3.94. The van der Waals surface area contributed by atoms with E-state index in [-0.39, 0.29) is 18.9 Å². The number of aliphatic carboxylic acids is 1. The maximum absolute atomic E-state index is 13.2. The molecular weight excluding hydrogens is 189 g/mol. The Morgan fingerprint density at radius 3 is 2.57 bits per heavy atom. The van der Waals surface area contributed by atoms with Crippen molar-refractivity contribution in [1.29, 1.82) is 0 Å².